The summed E-state index contributed by atoms with van der Waals surface area (Å²) in [5, 5.41) is 36.9. The molecule has 4 N–H and O–H groups in total. The molecule has 86 heavy (non-hydrogen) atoms. The van der Waals surface area contributed by atoms with Gasteiger partial charge in [0.15, 0.2) is 6.61 Å². The van der Waals surface area contributed by atoms with Gasteiger partial charge < -0.3 is 64.7 Å². The maximum absolute atomic E-state index is 12.0. The molecular formula is C60H96AlCl3K2N4O16. The first kappa shape index (κ1) is 91.2. The van der Waals surface area contributed by atoms with E-state index in [4.69, 9.17) is 73.4 Å². The van der Waals surface area contributed by atoms with E-state index in [1.165, 1.54) is 115 Å². The molecule has 0 radical (unpaired) electrons. The van der Waals surface area contributed by atoms with Gasteiger partial charge in [0.05, 0.1) is 32.3 Å². The third-order valence-electron chi connectivity index (χ3n) is 12.3. The largest absolute Gasteiger partial charge is 1.00 e. The van der Waals surface area contributed by atoms with Gasteiger partial charge in [-0.2, -0.15) is 0 Å². The first-order chi connectivity index (χ1) is 40.9. The molecule has 0 aliphatic carbocycles. The van der Waals surface area contributed by atoms with Gasteiger partial charge in [-0.15, -0.1) is 23.2 Å². The van der Waals surface area contributed by atoms with Crippen molar-refractivity contribution in [2.24, 2.45) is 0 Å². The molecule has 3 aromatic rings. The number of aromatic hydroxyl groups is 1. The number of carbonyl (C=O) groups is 6. The Morgan fingerprint density at radius 3 is 1.36 bits per heavy atom. The fourth-order valence-electron chi connectivity index (χ4n) is 7.74. The second-order valence-corrected chi connectivity index (χ2v) is 20.4. The Morgan fingerprint density at radius 2 is 1.00 bits per heavy atom. The van der Waals surface area contributed by atoms with Gasteiger partial charge in [-0.1, -0.05) is 63.5 Å². The predicted molar refractivity (Wildman–Crippen MR) is 331 cm³/mol. The normalized spacial score (nSPS) is 14.3. The number of alkyl halides is 2. The number of halogens is 3. The SMILES string of the molecule is C1CCCNCC1.COCCO.COCC[O][AlH2].O=C(CCl)N1CCCCCC1.O=C(Cl)CCl.O=CO[O-].O=Cc1ccc(O)cc1.O=Cc1ccc(OCC(=O)N2CCCCCC2)cc1.OCc1ccc(OCCN2CCCCCC2)cc1.[H-].[K+].[K+]. The molecule has 7 rings (SSSR count). The summed E-state index contributed by atoms with van der Waals surface area (Å²) in [5.41, 5.74) is 2.11. The molecule has 4 aliphatic rings. The number of carbonyl (C=O) groups excluding carboxylic acids is 6. The van der Waals surface area contributed by atoms with Crippen LogP contribution in [0.2, 0.25) is 0 Å². The van der Waals surface area contributed by atoms with Gasteiger partial charge in [-0.3, -0.25) is 33.7 Å². The molecule has 4 fully saturated rings. The Hall–Kier alpha value is -1.16. The summed E-state index contributed by atoms with van der Waals surface area (Å²) in [5.74, 6) is 1.87. The monoisotopic (exact) mass is 1340 g/mol. The molecule has 0 atom stereocenters. The summed E-state index contributed by atoms with van der Waals surface area (Å²) in [4.78, 5) is 70.6. The standard InChI is InChI=1S/C15H19NO3.C15H23NO2.C8H14ClNO.C7H6O2.C6H13N.C3H8O2.C3H7O2.C2H2Cl2O.CH2O3.Al.2K.3H/c17-11-13-5-7-14(8-6-13)19-12-15(18)16-9-3-1-2-4-10-16;17-13-14-5-7-15(8-6-14)18-12-11-16-9-3-1-2-4-10-16;9-7-8(11)10-5-3-1-2-4-6-10;8-5-6-1-3-7(9)4-2-6;1-2-4-6-7-5-3-1;2*1-5-3-2-4;3-1-2(4)5;2-1-4-3;;;;;;/h5-8,11H,1-4,9-10,12H2;5-8,17H,1-4,9-13H2;1-7H2;1-5,9H;7H,1-6H2;4H,2-3H2,1H3;2-3H2,1H3;1H2;1,3H;;;;;;/q;;;;;;-1;;;3*+1;;;-1/p-1. The summed E-state index contributed by atoms with van der Waals surface area (Å²) in [6.45, 7) is 12.2. The first-order valence-corrected chi connectivity index (χ1v) is 31.0. The van der Waals surface area contributed by atoms with E-state index < -0.39 is 5.24 Å². The van der Waals surface area contributed by atoms with Crippen molar-refractivity contribution in [1.29, 1.82) is 0 Å². The van der Waals surface area contributed by atoms with Gasteiger partial charge in [-0.25, -0.2) is 0 Å². The van der Waals surface area contributed by atoms with Crippen LogP contribution in [-0.2, 0) is 43.9 Å². The summed E-state index contributed by atoms with van der Waals surface area (Å²) >= 11 is 15.8. The van der Waals surface area contributed by atoms with Crippen LogP contribution in [0.15, 0.2) is 72.8 Å². The number of hydrogen-bond donors (Lipinski definition) is 4. The summed E-state index contributed by atoms with van der Waals surface area (Å²) in [6, 6.07) is 20.5. The fraction of sp³-hybridized carbons (Fsp3) is 0.600. The van der Waals surface area contributed by atoms with Crippen molar-refractivity contribution < 1.29 is 181 Å². The zero-order valence-electron chi connectivity index (χ0n) is 52.8. The van der Waals surface area contributed by atoms with Crippen LogP contribution in [0.5, 0.6) is 17.2 Å². The molecule has 478 valence electrons. The molecule has 0 spiro atoms. The molecule has 4 heterocycles. The summed E-state index contributed by atoms with van der Waals surface area (Å²) < 4.78 is 25.1. The van der Waals surface area contributed by atoms with Gasteiger partial charge in [0.1, 0.15) is 42.3 Å². The van der Waals surface area contributed by atoms with Gasteiger partial charge in [0.2, 0.25) is 11.1 Å². The number of aldehydes is 2. The van der Waals surface area contributed by atoms with E-state index in [0.29, 0.717) is 23.5 Å². The third-order valence-corrected chi connectivity index (χ3v) is 13.5. The van der Waals surface area contributed by atoms with Crippen molar-refractivity contribution in [3.63, 3.8) is 0 Å². The van der Waals surface area contributed by atoms with Crippen LogP contribution in [0.3, 0.4) is 0 Å². The van der Waals surface area contributed by atoms with Crippen molar-refractivity contribution in [3.8, 4) is 17.2 Å². The van der Waals surface area contributed by atoms with Crippen LogP contribution in [0, 0.1) is 0 Å². The van der Waals surface area contributed by atoms with Crippen molar-refractivity contribution in [2.75, 3.05) is 125 Å². The Kier molecular flexibility index (Phi) is 74.0. The second kappa shape index (κ2) is 69.7. The molecule has 0 unspecified atom stereocenters. The predicted octanol–water partition coefficient (Wildman–Crippen LogP) is 1.07. The number of phenols is 1. The van der Waals surface area contributed by atoms with Crippen LogP contribution in [-0.4, -0.2) is 207 Å². The molecule has 0 aromatic heterocycles. The Morgan fingerprint density at radius 1 is 0.593 bits per heavy atom. The summed E-state index contributed by atoms with van der Waals surface area (Å²) in [6.07, 6.45) is 21.9. The van der Waals surface area contributed by atoms with Gasteiger partial charge in [0.25, 0.3) is 12.4 Å². The minimum atomic E-state index is -0.508. The number of nitrogens with zero attached hydrogens (tertiary/aromatic N) is 3. The minimum absolute atomic E-state index is 0. The van der Waals surface area contributed by atoms with E-state index >= 15 is 0 Å². The number of hydrogen-bond acceptors (Lipinski definition) is 18. The number of benzene rings is 3. The number of methoxy groups -OCH3 is 2. The van der Waals surface area contributed by atoms with Crippen LogP contribution in [0.25, 0.3) is 0 Å². The van der Waals surface area contributed by atoms with Gasteiger partial charge >= 0.3 is 119 Å². The van der Waals surface area contributed by atoms with Crippen molar-refractivity contribution in [2.45, 2.75) is 109 Å². The fourth-order valence-corrected chi connectivity index (χ4v) is 8.07. The van der Waals surface area contributed by atoms with Gasteiger partial charge in [-0.05, 0) is 155 Å². The molecule has 4 aliphatic heterocycles. The molecule has 4 saturated heterocycles. The van der Waals surface area contributed by atoms with Crippen LogP contribution in [0.4, 0.5) is 0 Å². The molecule has 0 saturated carbocycles. The van der Waals surface area contributed by atoms with E-state index in [-0.39, 0.29) is 160 Å². The molecule has 26 heteroatoms. The van der Waals surface area contributed by atoms with Gasteiger partial charge in [0, 0.05) is 64.7 Å². The quantitative estimate of drug-likeness (QED) is 0.0264. The van der Waals surface area contributed by atoms with Crippen LogP contribution < -0.4 is 123 Å². The van der Waals surface area contributed by atoms with Crippen molar-refractivity contribution in [1.82, 2.24) is 20.0 Å². The number of rotatable bonds is 18. The topological polar surface area (TPSA) is 263 Å². The molecule has 20 nitrogen and oxygen atoms in total. The molecule has 2 amide bonds. The molecular weight excluding hydrogens is 1240 g/mol. The Balaban J connectivity index is -0.000000304. The first-order valence-electron chi connectivity index (χ1n) is 28.7. The van der Waals surface area contributed by atoms with Crippen molar-refractivity contribution >= 4 is 87.5 Å². The number of amides is 2. The second-order valence-electron chi connectivity index (χ2n) is 18.9. The van der Waals surface area contributed by atoms with E-state index in [1.807, 2.05) is 34.1 Å². The third kappa shape index (κ3) is 58.0. The number of nitrogens with one attached hydrogen (secondary N) is 1. The molecule has 0 bridgehead atoms. The maximum atomic E-state index is 12.0. The number of likely N-dealkylation sites (tertiary alicyclic amines) is 3. The number of aliphatic hydroxyl groups is 2. The van der Waals surface area contributed by atoms with E-state index in [2.05, 4.69) is 24.6 Å². The number of aliphatic hydroxyl groups excluding tert-OH is 2. The van der Waals surface area contributed by atoms with E-state index in [0.717, 1.165) is 119 Å². The van der Waals surface area contributed by atoms with Crippen LogP contribution >= 0.6 is 34.8 Å². The minimum Gasteiger partial charge on any atom is -1.00 e. The average Bonchev–Trinajstić information content (AvgIpc) is 4.33. The number of ether oxygens (including phenoxy) is 4. The molecule has 3 aromatic carbocycles. The summed E-state index contributed by atoms with van der Waals surface area (Å²) in [7, 11) is 3.22. The zero-order chi connectivity index (χ0) is 62.5. The van der Waals surface area contributed by atoms with E-state index in [1.54, 1.807) is 50.6 Å². The van der Waals surface area contributed by atoms with E-state index in [9.17, 15) is 24.0 Å². The zero-order valence-corrected chi connectivity index (χ0v) is 62.3. The maximum Gasteiger partial charge on any atom is 1.00 e. The smallest absolute Gasteiger partial charge is 1.00 e. The Bertz CT molecular complexity index is 1990. The van der Waals surface area contributed by atoms with Crippen LogP contribution in [0.1, 0.15) is 130 Å². The number of phenolic OH excluding ortho intramolecular Hbond substituents is 1. The average molecular weight is 1340 g/mol. The Labute approximate surface area is 621 Å². The van der Waals surface area contributed by atoms with Crippen molar-refractivity contribution in [3.05, 3.63) is 89.5 Å².